The zero-order valence-corrected chi connectivity index (χ0v) is 15.1. The summed E-state index contributed by atoms with van der Waals surface area (Å²) < 4.78 is 17.6. The van der Waals surface area contributed by atoms with Crippen LogP contribution in [0.25, 0.3) is 0 Å². The predicted molar refractivity (Wildman–Crippen MR) is 91.7 cm³/mol. The lowest BCUT2D eigenvalue weighted by Gasteiger charge is -2.56. The fourth-order valence-corrected chi connectivity index (χ4v) is 5.23. The molecule has 4 heteroatoms. The summed E-state index contributed by atoms with van der Waals surface area (Å²) in [5.74, 6) is 2.87. The maximum atomic E-state index is 6.34. The highest BCUT2D eigenvalue weighted by atomic mass is 16.5. The Kier molecular flexibility index (Phi) is 6.36. The second-order valence-corrected chi connectivity index (χ2v) is 8.07. The first-order valence-electron chi connectivity index (χ1n) is 9.67. The average molecular weight is 325 g/mol. The minimum Gasteiger partial charge on any atom is -0.378 e. The Bertz CT molecular complexity index is 325. The van der Waals surface area contributed by atoms with Crippen LogP contribution in [0.3, 0.4) is 0 Å². The molecule has 4 fully saturated rings. The zero-order chi connectivity index (χ0) is 16.1. The highest BCUT2D eigenvalue weighted by Crippen LogP contribution is 2.57. The van der Waals surface area contributed by atoms with Crippen molar-refractivity contribution in [2.75, 3.05) is 53.2 Å². The number of likely N-dealkylation sites (N-methyl/N-ethyl adjacent to an activating group) is 1. The normalized spacial score (nSPS) is 35.3. The van der Waals surface area contributed by atoms with Gasteiger partial charge in [-0.3, -0.25) is 0 Å². The van der Waals surface area contributed by atoms with Crippen molar-refractivity contribution in [2.45, 2.75) is 51.0 Å². The molecule has 0 aliphatic heterocycles. The van der Waals surface area contributed by atoms with Gasteiger partial charge in [0.2, 0.25) is 0 Å². The molecule has 0 N–H and O–H groups in total. The third-order valence-corrected chi connectivity index (χ3v) is 6.15. The van der Waals surface area contributed by atoms with Gasteiger partial charge < -0.3 is 19.1 Å². The lowest BCUT2D eigenvalue weighted by molar-refractivity contribution is -0.169. The molecule has 4 bridgehead atoms. The maximum absolute atomic E-state index is 6.34. The van der Waals surface area contributed by atoms with Crippen LogP contribution < -0.4 is 0 Å². The molecule has 0 aromatic rings. The van der Waals surface area contributed by atoms with E-state index in [1.54, 1.807) is 0 Å². The lowest BCUT2D eigenvalue weighted by atomic mass is 9.54. The minimum absolute atomic E-state index is 0.222. The van der Waals surface area contributed by atoms with Gasteiger partial charge in [-0.05, 0) is 69.9 Å². The van der Waals surface area contributed by atoms with Gasteiger partial charge in [-0.1, -0.05) is 6.92 Å². The summed E-state index contributed by atoms with van der Waals surface area (Å²) in [6.07, 6.45) is 8.37. The summed E-state index contributed by atoms with van der Waals surface area (Å²) in [5.41, 5.74) is 0.222. The zero-order valence-electron chi connectivity index (χ0n) is 15.1. The second kappa shape index (κ2) is 8.28. The van der Waals surface area contributed by atoms with Crippen molar-refractivity contribution >= 4 is 0 Å². The third kappa shape index (κ3) is 4.91. The van der Waals surface area contributed by atoms with Crippen molar-refractivity contribution in [1.82, 2.24) is 4.90 Å². The van der Waals surface area contributed by atoms with Crippen molar-refractivity contribution in [3.05, 3.63) is 0 Å². The van der Waals surface area contributed by atoms with Crippen molar-refractivity contribution in [3.63, 3.8) is 0 Å². The molecule has 0 heterocycles. The summed E-state index contributed by atoms with van der Waals surface area (Å²) >= 11 is 0. The van der Waals surface area contributed by atoms with Crippen molar-refractivity contribution in [2.24, 2.45) is 17.8 Å². The van der Waals surface area contributed by atoms with E-state index < -0.39 is 0 Å². The van der Waals surface area contributed by atoms with Gasteiger partial charge in [-0.15, -0.1) is 0 Å². The molecule has 4 rings (SSSR count). The van der Waals surface area contributed by atoms with E-state index in [1.807, 2.05) is 0 Å². The van der Waals surface area contributed by atoms with E-state index in [2.05, 4.69) is 18.9 Å². The molecule has 0 saturated heterocycles. The van der Waals surface area contributed by atoms with Gasteiger partial charge in [-0.25, -0.2) is 0 Å². The second-order valence-electron chi connectivity index (χ2n) is 8.07. The van der Waals surface area contributed by atoms with Gasteiger partial charge in [0.15, 0.2) is 0 Å². The molecule has 4 aliphatic rings. The Balaban J connectivity index is 1.21. The third-order valence-electron chi connectivity index (χ3n) is 6.15. The Morgan fingerprint density at radius 2 is 1.35 bits per heavy atom. The minimum atomic E-state index is 0.222. The first-order valence-corrected chi connectivity index (χ1v) is 9.67. The summed E-state index contributed by atoms with van der Waals surface area (Å²) in [7, 11) is 2.11. The Morgan fingerprint density at radius 3 is 1.91 bits per heavy atom. The van der Waals surface area contributed by atoms with E-state index in [9.17, 15) is 0 Å². The number of hydrogen-bond donors (Lipinski definition) is 0. The van der Waals surface area contributed by atoms with Crippen molar-refractivity contribution in [3.8, 4) is 0 Å². The molecule has 4 nitrogen and oxygen atoms in total. The molecule has 0 aromatic carbocycles. The van der Waals surface area contributed by atoms with E-state index in [0.717, 1.165) is 44.1 Å². The fraction of sp³-hybridized carbons (Fsp3) is 1.00. The van der Waals surface area contributed by atoms with Crippen molar-refractivity contribution in [1.29, 1.82) is 0 Å². The molecule has 0 spiro atoms. The molecule has 23 heavy (non-hydrogen) atoms. The van der Waals surface area contributed by atoms with Crippen LogP contribution in [0.15, 0.2) is 0 Å². The van der Waals surface area contributed by atoms with Gasteiger partial charge >= 0.3 is 0 Å². The van der Waals surface area contributed by atoms with Crippen LogP contribution in [0.1, 0.15) is 45.4 Å². The molecule has 0 atom stereocenters. The fourth-order valence-electron chi connectivity index (χ4n) is 5.23. The van der Waals surface area contributed by atoms with Gasteiger partial charge in [0.1, 0.15) is 0 Å². The van der Waals surface area contributed by atoms with Gasteiger partial charge in [0.05, 0.1) is 38.6 Å². The first kappa shape index (κ1) is 17.7. The van der Waals surface area contributed by atoms with Crippen LogP contribution in [0.2, 0.25) is 0 Å². The van der Waals surface area contributed by atoms with Gasteiger partial charge in [-0.2, -0.15) is 0 Å². The van der Waals surface area contributed by atoms with Gasteiger partial charge in [0, 0.05) is 6.54 Å². The number of hydrogen-bond acceptors (Lipinski definition) is 4. The molecule has 134 valence electrons. The Hall–Kier alpha value is -0.160. The standard InChI is InChI=1S/C19H35NO3/c1-3-20(2)4-5-21-6-7-22-8-9-23-19-13-16-10-17(14-19)12-18(11-16)15-19/h16-18H,3-15H2,1-2H3. The van der Waals surface area contributed by atoms with Crippen LogP contribution >= 0.6 is 0 Å². The van der Waals surface area contributed by atoms with E-state index in [-0.39, 0.29) is 5.60 Å². The number of ether oxygens (including phenoxy) is 3. The molecular formula is C19H35NO3. The SMILES string of the molecule is CCN(C)CCOCCOCCOC12CC3CC(CC(C3)C1)C2. The largest absolute Gasteiger partial charge is 0.378 e. The number of nitrogens with zero attached hydrogens (tertiary/aromatic N) is 1. The van der Waals surface area contributed by atoms with Gasteiger partial charge in [0.25, 0.3) is 0 Å². The molecule has 0 unspecified atom stereocenters. The summed E-state index contributed by atoms with van der Waals surface area (Å²) in [5, 5.41) is 0. The Morgan fingerprint density at radius 1 is 0.826 bits per heavy atom. The molecule has 0 aromatic heterocycles. The first-order chi connectivity index (χ1) is 11.2. The van der Waals surface area contributed by atoms with E-state index >= 15 is 0 Å². The van der Waals surface area contributed by atoms with Crippen LogP contribution in [0.5, 0.6) is 0 Å². The van der Waals surface area contributed by atoms with E-state index in [1.165, 1.54) is 38.5 Å². The highest BCUT2D eigenvalue weighted by molar-refractivity contribution is 5.03. The predicted octanol–water partition coefficient (Wildman–Crippen LogP) is 2.96. The summed E-state index contributed by atoms with van der Waals surface area (Å²) in [6, 6.07) is 0. The number of rotatable bonds is 11. The average Bonchev–Trinajstić information content (AvgIpc) is 2.51. The lowest BCUT2D eigenvalue weighted by Crippen LogP contribution is -2.52. The van der Waals surface area contributed by atoms with E-state index in [4.69, 9.17) is 14.2 Å². The molecular weight excluding hydrogens is 290 g/mol. The van der Waals surface area contributed by atoms with Crippen LogP contribution in [-0.4, -0.2) is 63.7 Å². The monoisotopic (exact) mass is 325 g/mol. The Labute approximate surface area is 141 Å². The molecule has 0 amide bonds. The quantitative estimate of drug-likeness (QED) is 0.547. The van der Waals surface area contributed by atoms with Crippen LogP contribution in [0, 0.1) is 17.8 Å². The highest BCUT2D eigenvalue weighted by Gasteiger charge is 2.51. The summed E-state index contributed by atoms with van der Waals surface area (Å²) in [4.78, 5) is 2.25. The molecule has 4 aliphatic carbocycles. The smallest absolute Gasteiger partial charge is 0.0708 e. The van der Waals surface area contributed by atoms with Crippen LogP contribution in [0.4, 0.5) is 0 Å². The molecule has 4 saturated carbocycles. The van der Waals surface area contributed by atoms with Crippen LogP contribution in [-0.2, 0) is 14.2 Å². The maximum Gasteiger partial charge on any atom is 0.0708 e. The van der Waals surface area contributed by atoms with Crippen molar-refractivity contribution < 1.29 is 14.2 Å². The molecule has 0 radical (unpaired) electrons. The van der Waals surface area contributed by atoms with E-state index in [0.29, 0.717) is 19.8 Å². The summed E-state index contributed by atoms with van der Waals surface area (Å²) in [6.45, 7) is 7.84. The topological polar surface area (TPSA) is 30.9 Å².